The molecule has 0 aliphatic heterocycles. The number of fused-ring (bicyclic) bond motifs is 2. The van der Waals surface area contributed by atoms with E-state index in [1.807, 2.05) is 42.5 Å². The van der Waals surface area contributed by atoms with E-state index in [-0.39, 0.29) is 25.7 Å². The predicted octanol–water partition coefficient (Wildman–Crippen LogP) is 10.9. The van der Waals surface area contributed by atoms with E-state index in [1.54, 1.807) is 29.5 Å². The van der Waals surface area contributed by atoms with Gasteiger partial charge in [0.2, 0.25) is 0 Å². The fourth-order valence-corrected chi connectivity index (χ4v) is 6.43. The van der Waals surface area contributed by atoms with Crippen LogP contribution in [0.2, 0.25) is 0 Å². The molecule has 1 radical (unpaired) electrons. The zero-order chi connectivity index (χ0) is 34.0. The van der Waals surface area contributed by atoms with E-state index >= 15 is 0 Å². The van der Waals surface area contributed by atoms with Crippen LogP contribution in [0.4, 0.5) is 0 Å². The van der Waals surface area contributed by atoms with Crippen molar-refractivity contribution < 1.29 is 25.6 Å². The number of aryl methyl sites for hydroxylation is 1. The number of rotatable bonds is 6. The first kappa shape index (κ1) is 27.4. The summed E-state index contributed by atoms with van der Waals surface area (Å²) < 4.78 is 33.3. The van der Waals surface area contributed by atoms with Crippen LogP contribution in [0.15, 0.2) is 109 Å². The van der Waals surface area contributed by atoms with E-state index in [0.29, 0.717) is 17.9 Å². The molecule has 229 valence electrons. The second kappa shape index (κ2) is 14.5. The first-order valence-corrected chi connectivity index (χ1v) is 15.7. The summed E-state index contributed by atoms with van der Waals surface area (Å²) in [6.07, 6.45) is 1.39. The van der Waals surface area contributed by atoms with Crippen LogP contribution >= 0.6 is 11.3 Å². The minimum Gasteiger partial charge on any atom is -0.360 e. The molecule has 0 amide bonds. The topological polar surface area (TPSA) is 30.7 Å². The van der Waals surface area contributed by atoms with Crippen molar-refractivity contribution >= 4 is 32.5 Å². The molecule has 0 spiro atoms. The summed E-state index contributed by atoms with van der Waals surface area (Å²) in [5.74, 6) is 1.82. The maximum atomic E-state index is 8.13. The van der Waals surface area contributed by atoms with Crippen molar-refractivity contribution in [2.24, 2.45) is 0 Å². The van der Waals surface area contributed by atoms with Crippen molar-refractivity contribution in [2.75, 3.05) is 0 Å². The van der Waals surface area contributed by atoms with E-state index in [1.165, 1.54) is 22.9 Å². The molecule has 4 aromatic carbocycles. The summed E-state index contributed by atoms with van der Waals surface area (Å²) in [6, 6.07) is 35.2. The maximum absolute atomic E-state index is 8.13. The van der Waals surface area contributed by atoms with Crippen LogP contribution in [0.1, 0.15) is 67.3 Å². The van der Waals surface area contributed by atoms with E-state index in [4.69, 9.17) is 10.5 Å². The molecule has 0 fully saturated rings. The molecule has 0 aliphatic carbocycles. The molecule has 3 nitrogen and oxygen atoms in total. The molecular weight excluding hydrogens is 747 g/mol. The second-order valence-electron chi connectivity index (χ2n) is 11.4. The zero-order valence-electron chi connectivity index (χ0n) is 29.8. The molecule has 45 heavy (non-hydrogen) atoms. The predicted molar refractivity (Wildman–Crippen MR) is 186 cm³/mol. The molecule has 3 heterocycles. The fourth-order valence-electron chi connectivity index (χ4n) is 5.61. The van der Waals surface area contributed by atoms with Gasteiger partial charge in [0.15, 0.2) is 0 Å². The molecule has 0 aliphatic rings. The van der Waals surface area contributed by atoms with E-state index in [9.17, 15) is 0 Å². The number of para-hydroxylation sites is 2. The number of hydrogen-bond donors (Lipinski definition) is 0. The van der Waals surface area contributed by atoms with Gasteiger partial charge >= 0.3 is 0 Å². The Morgan fingerprint density at radius 3 is 2.33 bits per heavy atom. The number of benzene rings is 4. The third-order valence-electron chi connectivity index (χ3n) is 7.79. The van der Waals surface area contributed by atoms with Crippen LogP contribution in [0.3, 0.4) is 0 Å². The van der Waals surface area contributed by atoms with Gasteiger partial charge in [-0.3, -0.25) is 16.3 Å². The van der Waals surface area contributed by atoms with Gasteiger partial charge in [0.1, 0.15) is 0 Å². The summed E-state index contributed by atoms with van der Waals surface area (Å²) in [5, 5.41) is 4.55. The van der Waals surface area contributed by atoms with E-state index in [0.717, 1.165) is 50.3 Å². The van der Waals surface area contributed by atoms with E-state index in [2.05, 4.69) is 85.1 Å². The molecule has 0 saturated carbocycles. The van der Waals surface area contributed by atoms with Gasteiger partial charge in [-0.2, -0.15) is 0 Å². The molecule has 7 aromatic rings. The van der Waals surface area contributed by atoms with Crippen molar-refractivity contribution in [3.63, 3.8) is 0 Å². The monoisotopic (exact) mass is 788 g/mol. The average Bonchev–Trinajstić information content (AvgIpc) is 3.65. The maximum Gasteiger partial charge on any atom is 0.0770 e. The van der Waals surface area contributed by atoms with Gasteiger partial charge in [0.05, 0.1) is 18.2 Å². The van der Waals surface area contributed by atoms with Crippen molar-refractivity contribution in [1.82, 2.24) is 14.5 Å². The molecule has 0 bridgehead atoms. The Hall–Kier alpha value is -3.89. The standard InChI is InChI=1S/C28H27N2S.C12H10N.Ir/c1-18(2)20-11-9-12-21(19(3)4)23(20)16-30-26-14-7-6-13-25(26)29-28(30)24-17-31-27-15-8-5-10-22(24)27;1-10-7-8-12(13-9-10)11-5-3-2-4-6-11;/h5-15,18-19H,16H2,1-4H3;2-5,7-9H,1H3;/q2*-1;/i5D;1D3;. The Kier molecular flexibility index (Phi) is 8.82. The summed E-state index contributed by atoms with van der Waals surface area (Å²) in [5.41, 5.74) is 9.14. The Balaban J connectivity index is 0.000000233. The van der Waals surface area contributed by atoms with Crippen molar-refractivity contribution in [1.29, 1.82) is 0 Å². The third kappa shape index (κ3) is 7.02. The molecule has 5 heteroatoms. The van der Waals surface area contributed by atoms with Crippen LogP contribution in [0, 0.1) is 18.3 Å². The molecule has 7 rings (SSSR count). The molecule has 3 aromatic heterocycles. The zero-order valence-corrected chi connectivity index (χ0v) is 29.0. The first-order valence-electron chi connectivity index (χ1n) is 16.9. The Morgan fingerprint density at radius 2 is 1.64 bits per heavy atom. The van der Waals surface area contributed by atoms with E-state index < -0.39 is 6.85 Å². The van der Waals surface area contributed by atoms with Gasteiger partial charge in [-0.05, 0) is 58.8 Å². The summed E-state index contributed by atoms with van der Waals surface area (Å²) in [4.78, 5) is 9.18. The largest absolute Gasteiger partial charge is 0.360 e. The summed E-state index contributed by atoms with van der Waals surface area (Å²) in [7, 11) is 0. The van der Waals surface area contributed by atoms with Crippen LogP contribution in [0.25, 0.3) is 43.8 Å². The Bertz CT molecular complexity index is 2140. The number of imidazole rings is 1. The molecule has 0 saturated heterocycles. The number of pyridine rings is 1. The molecular formula is C40H37IrN3S-2. The molecule has 0 N–H and O–H groups in total. The average molecular weight is 788 g/mol. The molecule has 0 unspecified atom stereocenters. The van der Waals surface area contributed by atoms with Crippen molar-refractivity contribution in [3.8, 4) is 22.6 Å². The second-order valence-corrected chi connectivity index (χ2v) is 12.3. The normalized spacial score (nSPS) is 12.7. The third-order valence-corrected chi connectivity index (χ3v) is 8.67. The van der Waals surface area contributed by atoms with Gasteiger partial charge < -0.3 is 9.55 Å². The minimum absolute atomic E-state index is 0. The van der Waals surface area contributed by atoms with Crippen LogP contribution in [0.5, 0.6) is 0 Å². The van der Waals surface area contributed by atoms with Gasteiger partial charge in [-0.15, -0.1) is 47.3 Å². The van der Waals surface area contributed by atoms with Gasteiger partial charge in [0, 0.05) is 37.0 Å². The summed E-state index contributed by atoms with van der Waals surface area (Å²) >= 11 is 1.60. The molecule has 0 atom stereocenters. The van der Waals surface area contributed by atoms with Crippen molar-refractivity contribution in [2.45, 2.75) is 52.9 Å². The number of nitrogens with zero attached hydrogens (tertiary/aromatic N) is 3. The smallest absolute Gasteiger partial charge is 0.0770 e. The number of hydrogen-bond acceptors (Lipinski definition) is 3. The number of thiophene rings is 1. The fraction of sp³-hybridized carbons (Fsp3) is 0.200. The van der Waals surface area contributed by atoms with Crippen molar-refractivity contribution in [3.05, 3.63) is 143 Å². The first-order chi connectivity index (χ1) is 23.0. The van der Waals surface area contributed by atoms with Gasteiger partial charge in [0.25, 0.3) is 0 Å². The van der Waals surface area contributed by atoms with Crippen LogP contribution < -0.4 is 0 Å². The quantitative estimate of drug-likeness (QED) is 0.157. The van der Waals surface area contributed by atoms with Crippen LogP contribution in [-0.4, -0.2) is 14.5 Å². The van der Waals surface area contributed by atoms with Gasteiger partial charge in [-0.25, -0.2) is 0 Å². The van der Waals surface area contributed by atoms with Gasteiger partial charge in [-0.1, -0.05) is 104 Å². The Morgan fingerprint density at radius 1 is 0.867 bits per heavy atom. The SMILES string of the molecule is [2H]C([2H])([2H])c1ccc(-c2[c-]cccc2)nc1.[2H]c1ccc2s[c-]c(-c3nc4ccccc4n3Cc3c(C(C)C)cccc3C(C)C)c2c1.[Ir]. The summed E-state index contributed by atoms with van der Waals surface area (Å²) in [6.45, 7) is 7.75. The Labute approximate surface area is 290 Å². The number of aromatic nitrogens is 3. The minimum atomic E-state index is -2.09. The van der Waals surface area contributed by atoms with Crippen LogP contribution in [-0.2, 0) is 26.7 Å².